The highest BCUT2D eigenvalue weighted by Gasteiger charge is 1.90. The third kappa shape index (κ3) is 4.00. The van der Waals surface area contributed by atoms with E-state index in [0.717, 1.165) is 0 Å². The quantitative estimate of drug-likeness (QED) is 0.391. The molecule has 0 aromatic heterocycles. The maximum Gasteiger partial charge on any atom is 0.297 e. The third-order valence-electron chi connectivity index (χ3n) is 0.122. The summed E-state index contributed by atoms with van der Waals surface area (Å²) in [5.74, 6) is 0. The molecular formula is CH2O3S2. The summed E-state index contributed by atoms with van der Waals surface area (Å²) < 4.78 is 26.7. The first-order chi connectivity index (χ1) is 2.56. The highest BCUT2D eigenvalue weighted by atomic mass is 32.2. The van der Waals surface area contributed by atoms with Crippen LogP contribution in [0.15, 0.2) is 0 Å². The SMILES string of the molecule is O=S(=O)(O)C=S. The average molecular weight is 126 g/mol. The molecule has 3 nitrogen and oxygen atoms in total. The molecule has 6 heavy (non-hydrogen) atoms. The van der Waals surface area contributed by atoms with Crippen molar-refractivity contribution in [2.45, 2.75) is 0 Å². The van der Waals surface area contributed by atoms with E-state index < -0.39 is 10.1 Å². The van der Waals surface area contributed by atoms with Crippen molar-refractivity contribution in [3.63, 3.8) is 0 Å². The molecule has 0 rings (SSSR count). The molecule has 0 spiro atoms. The second kappa shape index (κ2) is 1.63. The number of hydrogen-bond donors (Lipinski definition) is 1. The minimum atomic E-state index is -3.97. The molecule has 0 saturated carbocycles. The zero-order valence-electron chi connectivity index (χ0n) is 2.66. The average Bonchev–Trinajstić information content (AvgIpc) is 1.35. The standard InChI is InChI=1S/CH2O3S2/c2-6(3,4)1-5/h1H,(H,2,3,4). The van der Waals surface area contributed by atoms with Crippen LogP contribution < -0.4 is 0 Å². The molecule has 1 N–H and O–H groups in total. The van der Waals surface area contributed by atoms with Gasteiger partial charge >= 0.3 is 0 Å². The van der Waals surface area contributed by atoms with Crippen molar-refractivity contribution in [1.29, 1.82) is 0 Å². The van der Waals surface area contributed by atoms with Crippen LogP contribution in [0.1, 0.15) is 0 Å². The summed E-state index contributed by atoms with van der Waals surface area (Å²) in [7, 11) is -3.97. The lowest BCUT2D eigenvalue weighted by molar-refractivity contribution is 0.500. The lowest BCUT2D eigenvalue weighted by Gasteiger charge is -1.71. The summed E-state index contributed by atoms with van der Waals surface area (Å²) in [4.78, 5) is 0. The largest absolute Gasteiger partial charge is 0.297 e. The van der Waals surface area contributed by atoms with E-state index in [-0.39, 0.29) is 0 Å². The van der Waals surface area contributed by atoms with Crippen LogP contribution in [-0.2, 0) is 10.1 Å². The Morgan fingerprint density at radius 2 is 1.83 bits per heavy atom. The smallest absolute Gasteiger partial charge is 0.282 e. The minimum absolute atomic E-state index is 0.299. The molecule has 0 aliphatic carbocycles. The van der Waals surface area contributed by atoms with E-state index in [1.165, 1.54) is 0 Å². The first kappa shape index (κ1) is 6.00. The summed E-state index contributed by atoms with van der Waals surface area (Å²) >= 11 is 3.83. The van der Waals surface area contributed by atoms with Gasteiger partial charge in [-0.2, -0.15) is 8.42 Å². The molecular weight excluding hydrogens is 124 g/mol. The fourth-order valence-electron chi connectivity index (χ4n) is 0. The maximum atomic E-state index is 9.40. The van der Waals surface area contributed by atoms with Gasteiger partial charge < -0.3 is 0 Å². The molecule has 0 radical (unpaired) electrons. The van der Waals surface area contributed by atoms with E-state index in [4.69, 9.17) is 4.55 Å². The van der Waals surface area contributed by atoms with Gasteiger partial charge in [-0.3, -0.25) is 4.55 Å². The Morgan fingerprint density at radius 1 is 1.67 bits per heavy atom. The molecule has 0 unspecified atom stereocenters. The highest BCUT2D eigenvalue weighted by molar-refractivity contribution is 8.11. The maximum absolute atomic E-state index is 9.40. The van der Waals surface area contributed by atoms with E-state index in [9.17, 15) is 8.42 Å². The normalized spacial score (nSPS) is 10.8. The van der Waals surface area contributed by atoms with Crippen molar-refractivity contribution in [2.75, 3.05) is 0 Å². The Balaban J connectivity index is 4.25. The van der Waals surface area contributed by atoms with Crippen LogP contribution in [0.4, 0.5) is 0 Å². The van der Waals surface area contributed by atoms with Gasteiger partial charge in [0.2, 0.25) is 0 Å². The van der Waals surface area contributed by atoms with Gasteiger partial charge in [-0.15, -0.1) is 0 Å². The fourth-order valence-corrected chi connectivity index (χ4v) is 0. The van der Waals surface area contributed by atoms with Crippen molar-refractivity contribution in [2.24, 2.45) is 0 Å². The van der Waals surface area contributed by atoms with Crippen molar-refractivity contribution >= 4 is 27.0 Å². The monoisotopic (exact) mass is 126 g/mol. The zero-order valence-corrected chi connectivity index (χ0v) is 4.29. The summed E-state index contributed by atoms with van der Waals surface area (Å²) in [6.07, 6.45) is 0. The molecule has 0 aliphatic heterocycles. The van der Waals surface area contributed by atoms with Gasteiger partial charge in [0.1, 0.15) is 4.70 Å². The molecule has 0 bridgehead atoms. The summed E-state index contributed by atoms with van der Waals surface area (Å²) in [5, 5.41) is 0. The Labute approximate surface area is 40.7 Å². The third-order valence-corrected chi connectivity index (χ3v) is 1.09. The Morgan fingerprint density at radius 3 is 1.83 bits per heavy atom. The molecule has 0 aromatic rings. The molecule has 0 fully saturated rings. The Hall–Kier alpha value is -0.0000000000000000555. The zero-order chi connectivity index (χ0) is 5.21. The predicted octanol–water partition coefficient (Wildman–Crippen LogP) is -0.169. The Kier molecular flexibility index (Phi) is 1.63. The van der Waals surface area contributed by atoms with E-state index in [1.54, 1.807) is 0 Å². The highest BCUT2D eigenvalue weighted by Crippen LogP contribution is 1.68. The molecule has 0 amide bonds. The van der Waals surface area contributed by atoms with Crippen LogP contribution in [0.3, 0.4) is 0 Å². The van der Waals surface area contributed by atoms with Crippen LogP contribution in [0.25, 0.3) is 0 Å². The summed E-state index contributed by atoms with van der Waals surface area (Å²) in [6.45, 7) is 0. The van der Waals surface area contributed by atoms with Gasteiger partial charge in [-0.25, -0.2) is 0 Å². The second-order valence-corrected chi connectivity index (χ2v) is 2.41. The van der Waals surface area contributed by atoms with E-state index in [1.807, 2.05) is 0 Å². The molecule has 0 saturated heterocycles. The van der Waals surface area contributed by atoms with Gasteiger partial charge in [-0.1, -0.05) is 12.2 Å². The van der Waals surface area contributed by atoms with Gasteiger partial charge in [0.15, 0.2) is 0 Å². The fraction of sp³-hybridized carbons (Fsp3) is 0. The number of hydrogen-bond acceptors (Lipinski definition) is 3. The number of rotatable bonds is 1. The Bertz CT molecular complexity index is 119. The van der Waals surface area contributed by atoms with E-state index in [0.29, 0.717) is 4.70 Å². The van der Waals surface area contributed by atoms with Crippen LogP contribution in [0.5, 0.6) is 0 Å². The summed E-state index contributed by atoms with van der Waals surface area (Å²) in [5.41, 5.74) is 0. The van der Waals surface area contributed by atoms with Crippen molar-refractivity contribution in [3.05, 3.63) is 0 Å². The second-order valence-electron chi connectivity index (χ2n) is 0.611. The van der Waals surface area contributed by atoms with Crippen LogP contribution in [0.2, 0.25) is 0 Å². The minimum Gasteiger partial charge on any atom is -0.282 e. The molecule has 0 heterocycles. The summed E-state index contributed by atoms with van der Waals surface area (Å²) in [6, 6.07) is 0. The van der Waals surface area contributed by atoms with E-state index in [2.05, 4.69) is 12.2 Å². The molecule has 0 aromatic carbocycles. The van der Waals surface area contributed by atoms with Gasteiger partial charge in [0.25, 0.3) is 10.1 Å². The number of thiocarbonyl (C=S) groups is 1. The van der Waals surface area contributed by atoms with Crippen LogP contribution >= 0.6 is 12.2 Å². The molecule has 0 atom stereocenters. The first-order valence-electron chi connectivity index (χ1n) is 0.987. The van der Waals surface area contributed by atoms with Crippen molar-refractivity contribution in [3.8, 4) is 0 Å². The lowest BCUT2D eigenvalue weighted by Crippen LogP contribution is -1.93. The topological polar surface area (TPSA) is 54.4 Å². The van der Waals surface area contributed by atoms with Gasteiger partial charge in [-0.05, 0) is 0 Å². The lowest BCUT2D eigenvalue weighted by atomic mass is 11.9. The van der Waals surface area contributed by atoms with Gasteiger partial charge in [0, 0.05) is 0 Å². The molecule has 36 valence electrons. The van der Waals surface area contributed by atoms with Gasteiger partial charge in [0.05, 0.1) is 0 Å². The molecule has 5 heteroatoms. The van der Waals surface area contributed by atoms with Crippen molar-refractivity contribution < 1.29 is 13.0 Å². The predicted molar refractivity (Wildman–Crippen MR) is 25.2 cm³/mol. The van der Waals surface area contributed by atoms with Crippen molar-refractivity contribution in [1.82, 2.24) is 0 Å². The molecule has 0 aliphatic rings. The van der Waals surface area contributed by atoms with E-state index >= 15 is 0 Å². The van der Waals surface area contributed by atoms with Crippen LogP contribution in [0, 0.1) is 0 Å². The first-order valence-corrected chi connectivity index (χ1v) is 2.96. The van der Waals surface area contributed by atoms with Crippen LogP contribution in [-0.4, -0.2) is 17.7 Å².